The van der Waals surface area contributed by atoms with E-state index in [1.54, 1.807) is 0 Å². The van der Waals surface area contributed by atoms with Gasteiger partial charge >= 0.3 is 0 Å². The zero-order chi connectivity index (χ0) is 21.7. The summed E-state index contributed by atoms with van der Waals surface area (Å²) >= 11 is 0. The lowest BCUT2D eigenvalue weighted by Gasteiger charge is -2.13. The van der Waals surface area contributed by atoms with Gasteiger partial charge in [0.1, 0.15) is 24.0 Å². The number of hydrogen-bond donors (Lipinski definition) is 3. The van der Waals surface area contributed by atoms with Crippen molar-refractivity contribution in [1.82, 2.24) is 25.3 Å². The number of ether oxygens (including phenoxy) is 1. The van der Waals surface area contributed by atoms with Crippen LogP contribution in [0.4, 0.5) is 14.5 Å². The monoisotopic (exact) mass is 418 g/mol. The normalized spacial score (nSPS) is 15.1. The smallest absolute Gasteiger partial charge is 0.272 e. The number of hydrogen-bond acceptors (Lipinski definition) is 5. The van der Waals surface area contributed by atoms with Crippen molar-refractivity contribution in [3.8, 4) is 5.88 Å². The molecule has 158 valence electrons. The number of anilines is 1. The molecule has 0 fully saturated rings. The number of benzene rings is 1. The quantitative estimate of drug-likeness (QED) is 0.600. The SMILES string of the molecule is CC.O=C(NC1COc2[nH]ncc2NC1=O)c1ccn(Cc2ccc(F)c(F)c2)n1. The third-order valence-electron chi connectivity index (χ3n) is 4.08. The topological polar surface area (TPSA) is 114 Å². The molecule has 0 aliphatic carbocycles. The second-order valence-electron chi connectivity index (χ2n) is 6.09. The molecule has 30 heavy (non-hydrogen) atoms. The maximum absolute atomic E-state index is 13.3. The number of halogens is 2. The van der Waals surface area contributed by atoms with Crippen molar-refractivity contribution < 1.29 is 23.1 Å². The van der Waals surface area contributed by atoms with E-state index in [9.17, 15) is 18.4 Å². The van der Waals surface area contributed by atoms with Gasteiger partial charge in [0.05, 0.1) is 12.7 Å². The number of aromatic nitrogens is 4. The maximum atomic E-state index is 13.3. The van der Waals surface area contributed by atoms with Crippen molar-refractivity contribution >= 4 is 17.5 Å². The molecule has 1 aliphatic heterocycles. The first kappa shape index (κ1) is 21.0. The Morgan fingerprint density at radius 2 is 2.10 bits per heavy atom. The van der Waals surface area contributed by atoms with Crippen LogP contribution in [0, 0.1) is 11.6 Å². The number of nitrogens with one attached hydrogen (secondary N) is 3. The van der Waals surface area contributed by atoms with E-state index < -0.39 is 29.5 Å². The summed E-state index contributed by atoms with van der Waals surface area (Å²) in [6, 6.07) is 4.04. The van der Waals surface area contributed by atoms with Gasteiger partial charge in [-0.2, -0.15) is 10.2 Å². The Kier molecular flexibility index (Phi) is 6.40. The molecule has 3 heterocycles. The fraction of sp³-hybridized carbons (Fsp3) is 0.263. The highest BCUT2D eigenvalue weighted by atomic mass is 19.2. The summed E-state index contributed by atoms with van der Waals surface area (Å²) in [7, 11) is 0. The fourth-order valence-corrected chi connectivity index (χ4v) is 2.67. The third kappa shape index (κ3) is 4.62. The first-order valence-electron chi connectivity index (χ1n) is 9.25. The van der Waals surface area contributed by atoms with E-state index in [1.807, 2.05) is 13.8 Å². The minimum atomic E-state index is -0.956. The number of fused-ring (bicyclic) bond motifs is 1. The zero-order valence-electron chi connectivity index (χ0n) is 16.3. The van der Waals surface area contributed by atoms with Gasteiger partial charge in [-0.1, -0.05) is 19.9 Å². The molecule has 4 rings (SSSR count). The van der Waals surface area contributed by atoms with E-state index in [0.717, 1.165) is 12.1 Å². The molecular formula is C19H20F2N6O3. The van der Waals surface area contributed by atoms with Crippen LogP contribution in [-0.2, 0) is 11.3 Å². The Bertz CT molecular complexity index is 1050. The van der Waals surface area contributed by atoms with Crippen molar-refractivity contribution in [3.05, 3.63) is 59.6 Å². The average Bonchev–Trinajstić information content (AvgIpc) is 3.36. The average molecular weight is 418 g/mol. The van der Waals surface area contributed by atoms with Crippen molar-refractivity contribution in [1.29, 1.82) is 0 Å². The Hall–Kier alpha value is -3.76. The minimum absolute atomic E-state index is 0.0693. The number of carbonyl (C=O) groups is 2. The predicted molar refractivity (Wildman–Crippen MR) is 103 cm³/mol. The van der Waals surface area contributed by atoms with Gasteiger partial charge in [0.2, 0.25) is 5.88 Å². The number of nitrogens with zero attached hydrogens (tertiary/aromatic N) is 3. The molecule has 0 spiro atoms. The van der Waals surface area contributed by atoms with Gasteiger partial charge in [0.25, 0.3) is 11.8 Å². The first-order valence-corrected chi connectivity index (χ1v) is 9.25. The van der Waals surface area contributed by atoms with Gasteiger partial charge in [0.15, 0.2) is 11.6 Å². The Morgan fingerprint density at radius 1 is 1.30 bits per heavy atom. The van der Waals surface area contributed by atoms with E-state index in [2.05, 4.69) is 25.9 Å². The molecular weight excluding hydrogens is 398 g/mol. The summed E-state index contributed by atoms with van der Waals surface area (Å²) in [5.74, 6) is -2.61. The highest BCUT2D eigenvalue weighted by Gasteiger charge is 2.28. The zero-order valence-corrected chi connectivity index (χ0v) is 16.3. The number of aromatic amines is 1. The standard InChI is InChI=1S/C17H14F2N6O3.C2H6/c18-10-2-1-9(5-11(10)19)7-25-4-3-12(24-25)15(26)22-14-8-28-17-13(6-20-23-17)21-16(14)27;1-2/h1-6,14H,7-8H2,(H,20,23)(H,21,27)(H,22,26);1-2H3. The molecule has 1 aliphatic rings. The summed E-state index contributed by atoms with van der Waals surface area (Å²) in [5, 5.41) is 15.6. The number of carbonyl (C=O) groups excluding carboxylic acids is 2. The van der Waals surface area contributed by atoms with Crippen LogP contribution in [-0.4, -0.2) is 44.4 Å². The summed E-state index contributed by atoms with van der Waals surface area (Å²) in [4.78, 5) is 24.6. The lowest BCUT2D eigenvalue weighted by atomic mass is 10.2. The second-order valence-corrected chi connectivity index (χ2v) is 6.09. The second kappa shape index (κ2) is 9.16. The molecule has 0 radical (unpaired) electrons. The maximum Gasteiger partial charge on any atom is 0.272 e. The van der Waals surface area contributed by atoms with Crippen LogP contribution in [0.25, 0.3) is 0 Å². The number of rotatable bonds is 4. The molecule has 0 bridgehead atoms. The number of amides is 2. The van der Waals surface area contributed by atoms with Crippen LogP contribution >= 0.6 is 0 Å². The van der Waals surface area contributed by atoms with Crippen molar-refractivity contribution in [2.75, 3.05) is 11.9 Å². The fourth-order valence-electron chi connectivity index (χ4n) is 2.67. The predicted octanol–water partition coefficient (Wildman–Crippen LogP) is 2.09. The largest absolute Gasteiger partial charge is 0.474 e. The van der Waals surface area contributed by atoms with Gasteiger partial charge in [-0.3, -0.25) is 14.3 Å². The van der Waals surface area contributed by atoms with E-state index in [0.29, 0.717) is 17.1 Å². The lowest BCUT2D eigenvalue weighted by molar-refractivity contribution is -0.118. The van der Waals surface area contributed by atoms with Crippen LogP contribution in [0.2, 0.25) is 0 Å². The molecule has 3 aromatic rings. The lowest BCUT2D eigenvalue weighted by Crippen LogP contribution is -2.46. The summed E-state index contributed by atoms with van der Waals surface area (Å²) in [6.45, 7) is 4.07. The first-order chi connectivity index (χ1) is 14.5. The van der Waals surface area contributed by atoms with E-state index in [-0.39, 0.29) is 18.8 Å². The van der Waals surface area contributed by atoms with Crippen LogP contribution in [0.5, 0.6) is 5.88 Å². The molecule has 9 nitrogen and oxygen atoms in total. The van der Waals surface area contributed by atoms with Gasteiger partial charge in [-0.25, -0.2) is 13.9 Å². The summed E-state index contributed by atoms with van der Waals surface area (Å²) in [6.07, 6.45) is 2.92. The molecule has 1 unspecified atom stereocenters. The van der Waals surface area contributed by atoms with Gasteiger partial charge in [0, 0.05) is 6.20 Å². The van der Waals surface area contributed by atoms with Crippen LogP contribution in [0.3, 0.4) is 0 Å². The molecule has 11 heteroatoms. The van der Waals surface area contributed by atoms with Crippen LogP contribution < -0.4 is 15.4 Å². The number of H-pyrrole nitrogens is 1. The van der Waals surface area contributed by atoms with Crippen molar-refractivity contribution in [2.45, 2.75) is 26.4 Å². The highest BCUT2D eigenvalue weighted by molar-refractivity contribution is 6.01. The highest BCUT2D eigenvalue weighted by Crippen LogP contribution is 2.23. The molecule has 0 saturated heterocycles. The van der Waals surface area contributed by atoms with E-state index in [4.69, 9.17) is 4.74 Å². The molecule has 2 amide bonds. The van der Waals surface area contributed by atoms with E-state index >= 15 is 0 Å². The van der Waals surface area contributed by atoms with Crippen molar-refractivity contribution in [3.63, 3.8) is 0 Å². The van der Waals surface area contributed by atoms with Gasteiger partial charge < -0.3 is 15.4 Å². The van der Waals surface area contributed by atoms with Gasteiger partial charge in [-0.15, -0.1) is 0 Å². The van der Waals surface area contributed by atoms with Gasteiger partial charge in [-0.05, 0) is 23.8 Å². The Morgan fingerprint density at radius 3 is 2.87 bits per heavy atom. The van der Waals surface area contributed by atoms with E-state index in [1.165, 1.54) is 29.2 Å². The molecule has 0 saturated carbocycles. The molecule has 3 N–H and O–H groups in total. The summed E-state index contributed by atoms with van der Waals surface area (Å²) < 4.78 is 33.1. The Labute approximate surface area is 170 Å². The molecule has 1 atom stereocenters. The minimum Gasteiger partial charge on any atom is -0.474 e. The molecule has 2 aromatic heterocycles. The van der Waals surface area contributed by atoms with Crippen LogP contribution in [0.1, 0.15) is 29.9 Å². The Balaban J connectivity index is 0.00000124. The third-order valence-corrected chi connectivity index (χ3v) is 4.08. The molecule has 1 aromatic carbocycles. The summed E-state index contributed by atoms with van der Waals surface area (Å²) in [5.41, 5.74) is 0.942. The van der Waals surface area contributed by atoms with Crippen LogP contribution in [0.15, 0.2) is 36.7 Å². The van der Waals surface area contributed by atoms with Crippen molar-refractivity contribution in [2.24, 2.45) is 0 Å².